The zero-order chi connectivity index (χ0) is 18.7. The van der Waals surface area contributed by atoms with Crippen molar-refractivity contribution in [2.45, 2.75) is 25.9 Å². The van der Waals surface area contributed by atoms with Gasteiger partial charge in [-0.25, -0.2) is 4.39 Å². The molecule has 6 heteroatoms. The molecule has 0 saturated heterocycles. The van der Waals surface area contributed by atoms with Crippen molar-refractivity contribution in [3.63, 3.8) is 0 Å². The number of carbonyl (C=O) groups is 1. The van der Waals surface area contributed by atoms with Gasteiger partial charge in [-0.3, -0.25) is 9.69 Å². The minimum Gasteiger partial charge on any atom is -0.493 e. The summed E-state index contributed by atoms with van der Waals surface area (Å²) in [5.74, 6) is 0.731. The Morgan fingerprint density at radius 1 is 1.15 bits per heavy atom. The highest BCUT2D eigenvalue weighted by Crippen LogP contribution is 2.33. The summed E-state index contributed by atoms with van der Waals surface area (Å²) < 4.78 is 24.5. The van der Waals surface area contributed by atoms with Gasteiger partial charge in [-0.05, 0) is 48.7 Å². The summed E-state index contributed by atoms with van der Waals surface area (Å²) in [5, 5.41) is 2.67. The van der Waals surface area contributed by atoms with E-state index in [1.54, 1.807) is 32.4 Å². The maximum atomic E-state index is 13.8. The van der Waals surface area contributed by atoms with E-state index >= 15 is 0 Å². The highest BCUT2D eigenvalue weighted by molar-refractivity contribution is 5.94. The molecular weight excluding hydrogens is 335 g/mol. The van der Waals surface area contributed by atoms with Crippen molar-refractivity contribution in [2.75, 3.05) is 26.1 Å². The van der Waals surface area contributed by atoms with E-state index in [0.29, 0.717) is 18.0 Å². The highest BCUT2D eigenvalue weighted by Gasteiger charge is 2.27. The first-order valence-electron chi connectivity index (χ1n) is 8.56. The van der Waals surface area contributed by atoms with Gasteiger partial charge in [-0.1, -0.05) is 12.1 Å². The van der Waals surface area contributed by atoms with Crippen molar-refractivity contribution in [1.82, 2.24) is 4.90 Å². The average molecular weight is 358 g/mol. The molecule has 1 aliphatic heterocycles. The van der Waals surface area contributed by atoms with E-state index in [0.717, 1.165) is 18.5 Å². The summed E-state index contributed by atoms with van der Waals surface area (Å²) in [6.07, 6.45) is 0.813. The molecule has 2 aromatic rings. The van der Waals surface area contributed by atoms with Crippen LogP contribution in [0.3, 0.4) is 0 Å². The molecule has 5 nitrogen and oxygen atoms in total. The van der Waals surface area contributed by atoms with Crippen molar-refractivity contribution in [2.24, 2.45) is 0 Å². The summed E-state index contributed by atoms with van der Waals surface area (Å²) in [6, 6.07) is 9.75. The standard InChI is InChI=1S/C20H23FN2O3/c1-13(20(24)22-17-7-5-4-6-16(17)21)23-9-8-14-10-18(25-2)19(26-3)11-15(14)12-23/h4-7,10-11,13H,8-9,12H2,1-3H3,(H,22,24). The Morgan fingerprint density at radius 2 is 1.81 bits per heavy atom. The number of anilines is 1. The number of nitrogens with zero attached hydrogens (tertiary/aromatic N) is 1. The maximum absolute atomic E-state index is 13.8. The smallest absolute Gasteiger partial charge is 0.241 e. The summed E-state index contributed by atoms with van der Waals surface area (Å²) in [6.45, 7) is 3.21. The van der Waals surface area contributed by atoms with E-state index in [4.69, 9.17) is 9.47 Å². The molecule has 1 aliphatic rings. The number of para-hydroxylation sites is 1. The normalized spacial score (nSPS) is 15.1. The number of nitrogens with one attached hydrogen (secondary N) is 1. The van der Waals surface area contributed by atoms with Crippen LogP contribution in [0.5, 0.6) is 11.5 Å². The van der Waals surface area contributed by atoms with Gasteiger partial charge in [-0.15, -0.1) is 0 Å². The number of amides is 1. The van der Waals surface area contributed by atoms with Crippen molar-refractivity contribution in [3.8, 4) is 11.5 Å². The van der Waals surface area contributed by atoms with E-state index in [-0.39, 0.29) is 17.6 Å². The zero-order valence-corrected chi connectivity index (χ0v) is 15.2. The van der Waals surface area contributed by atoms with Gasteiger partial charge >= 0.3 is 0 Å². The summed E-state index contributed by atoms with van der Waals surface area (Å²) >= 11 is 0. The van der Waals surface area contributed by atoms with Crippen LogP contribution < -0.4 is 14.8 Å². The van der Waals surface area contributed by atoms with E-state index in [1.165, 1.54) is 11.6 Å². The van der Waals surface area contributed by atoms with Gasteiger partial charge in [0.1, 0.15) is 5.82 Å². The van der Waals surface area contributed by atoms with Gasteiger partial charge in [0.05, 0.1) is 25.9 Å². The zero-order valence-electron chi connectivity index (χ0n) is 15.2. The van der Waals surface area contributed by atoms with Crippen LogP contribution in [0.25, 0.3) is 0 Å². The Labute approximate surface area is 152 Å². The van der Waals surface area contributed by atoms with Crippen LogP contribution in [-0.4, -0.2) is 37.6 Å². The van der Waals surface area contributed by atoms with Gasteiger partial charge in [0.2, 0.25) is 5.91 Å². The van der Waals surface area contributed by atoms with Gasteiger partial charge in [0.15, 0.2) is 11.5 Å². The molecule has 3 rings (SSSR count). The topological polar surface area (TPSA) is 50.8 Å². The predicted octanol–water partition coefficient (Wildman–Crippen LogP) is 3.23. The maximum Gasteiger partial charge on any atom is 0.241 e. The monoisotopic (exact) mass is 358 g/mol. The minimum atomic E-state index is -0.436. The Balaban J connectivity index is 1.73. The first-order valence-corrected chi connectivity index (χ1v) is 8.56. The van der Waals surface area contributed by atoms with Crippen LogP contribution in [0, 0.1) is 5.82 Å². The molecule has 1 N–H and O–H groups in total. The third-order valence-electron chi connectivity index (χ3n) is 4.81. The lowest BCUT2D eigenvalue weighted by atomic mass is 9.97. The molecule has 1 amide bonds. The molecule has 0 saturated carbocycles. The summed E-state index contributed by atoms with van der Waals surface area (Å²) in [4.78, 5) is 14.6. The molecule has 1 atom stereocenters. The second-order valence-corrected chi connectivity index (χ2v) is 6.34. The fourth-order valence-electron chi connectivity index (χ4n) is 3.20. The van der Waals surface area contributed by atoms with E-state index in [2.05, 4.69) is 10.2 Å². The van der Waals surface area contributed by atoms with Crippen LogP contribution in [0.15, 0.2) is 36.4 Å². The molecule has 0 aromatic heterocycles. The number of hydrogen-bond donors (Lipinski definition) is 1. The Bertz CT molecular complexity index is 810. The first kappa shape index (κ1) is 18.2. The Hall–Kier alpha value is -2.60. The van der Waals surface area contributed by atoms with Crippen LogP contribution >= 0.6 is 0 Å². The van der Waals surface area contributed by atoms with Gasteiger partial charge < -0.3 is 14.8 Å². The van der Waals surface area contributed by atoms with Gasteiger partial charge in [-0.2, -0.15) is 0 Å². The van der Waals surface area contributed by atoms with Gasteiger partial charge in [0, 0.05) is 13.1 Å². The lowest BCUT2D eigenvalue weighted by molar-refractivity contribution is -0.121. The molecule has 0 spiro atoms. The van der Waals surface area contributed by atoms with Crippen molar-refractivity contribution >= 4 is 11.6 Å². The molecule has 2 aromatic carbocycles. The van der Waals surface area contributed by atoms with E-state index < -0.39 is 5.82 Å². The molecule has 0 radical (unpaired) electrons. The highest BCUT2D eigenvalue weighted by atomic mass is 19.1. The number of halogens is 1. The number of methoxy groups -OCH3 is 2. The molecule has 0 aliphatic carbocycles. The van der Waals surface area contributed by atoms with E-state index in [9.17, 15) is 9.18 Å². The van der Waals surface area contributed by atoms with Crippen molar-refractivity contribution in [1.29, 1.82) is 0 Å². The van der Waals surface area contributed by atoms with Crippen LogP contribution in [0.2, 0.25) is 0 Å². The van der Waals surface area contributed by atoms with Crippen LogP contribution in [-0.2, 0) is 17.8 Å². The number of carbonyl (C=O) groups excluding carboxylic acids is 1. The largest absolute Gasteiger partial charge is 0.493 e. The second kappa shape index (κ2) is 7.74. The molecule has 0 fully saturated rings. The molecular formula is C20H23FN2O3. The number of ether oxygens (including phenoxy) is 2. The number of hydrogen-bond acceptors (Lipinski definition) is 4. The molecule has 1 unspecified atom stereocenters. The first-order chi connectivity index (χ1) is 12.5. The Kier molecular flexibility index (Phi) is 5.42. The van der Waals surface area contributed by atoms with Crippen LogP contribution in [0.1, 0.15) is 18.1 Å². The number of fused-ring (bicyclic) bond motifs is 1. The predicted molar refractivity (Wildman–Crippen MR) is 98.2 cm³/mol. The quantitative estimate of drug-likeness (QED) is 0.892. The molecule has 138 valence electrons. The lowest BCUT2D eigenvalue weighted by Crippen LogP contribution is -2.44. The number of benzene rings is 2. The molecule has 0 bridgehead atoms. The van der Waals surface area contributed by atoms with Crippen molar-refractivity contribution in [3.05, 3.63) is 53.3 Å². The molecule has 1 heterocycles. The van der Waals surface area contributed by atoms with Crippen molar-refractivity contribution < 1.29 is 18.7 Å². The summed E-state index contributed by atoms with van der Waals surface area (Å²) in [7, 11) is 3.23. The second-order valence-electron chi connectivity index (χ2n) is 6.34. The third-order valence-corrected chi connectivity index (χ3v) is 4.81. The fourth-order valence-corrected chi connectivity index (χ4v) is 3.20. The minimum absolute atomic E-state index is 0.202. The molecule has 26 heavy (non-hydrogen) atoms. The third kappa shape index (κ3) is 3.65. The number of rotatable bonds is 5. The summed E-state index contributed by atoms with van der Waals surface area (Å²) in [5.41, 5.74) is 2.51. The Morgan fingerprint density at radius 3 is 2.46 bits per heavy atom. The fraction of sp³-hybridized carbons (Fsp3) is 0.350. The SMILES string of the molecule is COc1cc2c(cc1OC)CN(C(C)C(=O)Nc1ccccc1F)CC2. The lowest BCUT2D eigenvalue weighted by Gasteiger charge is -2.33. The van der Waals surface area contributed by atoms with Gasteiger partial charge in [0.25, 0.3) is 0 Å². The van der Waals surface area contributed by atoms with E-state index in [1.807, 2.05) is 19.1 Å². The average Bonchev–Trinajstić information content (AvgIpc) is 2.67. The van der Waals surface area contributed by atoms with Crippen LogP contribution in [0.4, 0.5) is 10.1 Å².